The van der Waals surface area contributed by atoms with Crippen molar-refractivity contribution in [2.24, 2.45) is 5.92 Å². The van der Waals surface area contributed by atoms with Crippen LogP contribution in [0.25, 0.3) is 0 Å². The topological polar surface area (TPSA) is 73.1 Å². The summed E-state index contributed by atoms with van der Waals surface area (Å²) in [6.07, 6.45) is -0.544. The van der Waals surface area contributed by atoms with E-state index in [9.17, 15) is 9.90 Å². The Morgan fingerprint density at radius 1 is 1.41 bits per heavy atom. The van der Waals surface area contributed by atoms with Gasteiger partial charge in [-0.15, -0.1) is 0 Å². The number of amides is 1. The van der Waals surface area contributed by atoms with Gasteiger partial charge in [0.05, 0.1) is 17.7 Å². The number of hydrogen-bond donors (Lipinski definition) is 2. The van der Waals surface area contributed by atoms with Crippen LogP contribution < -0.4 is 5.32 Å². The van der Waals surface area contributed by atoms with E-state index in [0.717, 1.165) is 0 Å². The second-order valence-corrected chi connectivity index (χ2v) is 4.21. The Labute approximate surface area is 101 Å². The third kappa shape index (κ3) is 3.89. The van der Waals surface area contributed by atoms with Crippen molar-refractivity contribution in [1.82, 2.24) is 5.32 Å². The van der Waals surface area contributed by atoms with Crippen LogP contribution in [-0.4, -0.2) is 23.7 Å². The molecule has 17 heavy (non-hydrogen) atoms. The van der Waals surface area contributed by atoms with Crippen LogP contribution in [0.5, 0.6) is 0 Å². The zero-order valence-electron chi connectivity index (χ0n) is 9.97. The molecule has 0 bridgehead atoms. The predicted molar refractivity (Wildman–Crippen MR) is 64.3 cm³/mol. The molecule has 4 heteroatoms. The van der Waals surface area contributed by atoms with Gasteiger partial charge in [0.1, 0.15) is 0 Å². The fourth-order valence-corrected chi connectivity index (χ4v) is 1.23. The molecule has 0 fully saturated rings. The van der Waals surface area contributed by atoms with Gasteiger partial charge in [-0.1, -0.05) is 13.8 Å². The van der Waals surface area contributed by atoms with Crippen molar-refractivity contribution in [2.75, 3.05) is 6.54 Å². The highest BCUT2D eigenvalue weighted by Gasteiger charge is 2.11. The Balaban J connectivity index is 2.56. The summed E-state index contributed by atoms with van der Waals surface area (Å²) in [5.74, 6) is -0.134. The zero-order valence-corrected chi connectivity index (χ0v) is 9.97. The third-order valence-electron chi connectivity index (χ3n) is 2.52. The van der Waals surface area contributed by atoms with Crippen molar-refractivity contribution in [3.8, 4) is 6.07 Å². The van der Waals surface area contributed by atoms with Crippen molar-refractivity contribution >= 4 is 5.91 Å². The summed E-state index contributed by atoms with van der Waals surface area (Å²) in [7, 11) is 0. The second-order valence-electron chi connectivity index (χ2n) is 4.21. The minimum atomic E-state index is -0.544. The average molecular weight is 232 g/mol. The molecule has 0 radical (unpaired) electrons. The van der Waals surface area contributed by atoms with E-state index in [1.807, 2.05) is 19.9 Å². The molecule has 0 heterocycles. The van der Waals surface area contributed by atoms with Crippen LogP contribution in [-0.2, 0) is 0 Å². The first-order valence-electron chi connectivity index (χ1n) is 5.51. The number of carbonyl (C=O) groups excluding carboxylic acids is 1. The molecule has 1 rings (SSSR count). The third-order valence-corrected chi connectivity index (χ3v) is 2.52. The number of aliphatic hydroxyl groups excluding tert-OH is 1. The summed E-state index contributed by atoms with van der Waals surface area (Å²) in [6.45, 7) is 4.01. The standard InChI is InChI=1S/C13H16N2O2/c1-9(2)12(16)8-15-13(17)11-5-3-10(7-14)4-6-11/h3-6,9,12,16H,8H2,1-2H3,(H,15,17). The van der Waals surface area contributed by atoms with E-state index in [4.69, 9.17) is 5.26 Å². The molecule has 0 spiro atoms. The highest BCUT2D eigenvalue weighted by Crippen LogP contribution is 2.04. The lowest BCUT2D eigenvalue weighted by molar-refractivity contribution is 0.0871. The van der Waals surface area contributed by atoms with E-state index in [2.05, 4.69) is 5.32 Å². The lowest BCUT2D eigenvalue weighted by Crippen LogP contribution is -2.34. The maximum Gasteiger partial charge on any atom is 0.251 e. The molecular formula is C13H16N2O2. The number of benzene rings is 1. The van der Waals surface area contributed by atoms with Gasteiger partial charge >= 0.3 is 0 Å². The smallest absolute Gasteiger partial charge is 0.251 e. The molecule has 1 aromatic rings. The summed E-state index contributed by atoms with van der Waals surface area (Å²) in [5.41, 5.74) is 1.00. The number of carbonyl (C=O) groups is 1. The summed E-state index contributed by atoms with van der Waals surface area (Å²) < 4.78 is 0. The number of nitrogens with one attached hydrogen (secondary N) is 1. The van der Waals surface area contributed by atoms with Gasteiger partial charge in [0.15, 0.2) is 0 Å². The fraction of sp³-hybridized carbons (Fsp3) is 0.385. The van der Waals surface area contributed by atoms with Crippen LogP contribution in [0.3, 0.4) is 0 Å². The van der Waals surface area contributed by atoms with Crippen LogP contribution in [0.2, 0.25) is 0 Å². The quantitative estimate of drug-likeness (QED) is 0.822. The van der Waals surface area contributed by atoms with Gasteiger partial charge in [-0.05, 0) is 30.2 Å². The molecule has 1 unspecified atom stereocenters. The molecule has 2 N–H and O–H groups in total. The molecule has 4 nitrogen and oxygen atoms in total. The van der Waals surface area contributed by atoms with Gasteiger partial charge in [-0.3, -0.25) is 4.79 Å². The van der Waals surface area contributed by atoms with Crippen molar-refractivity contribution in [2.45, 2.75) is 20.0 Å². The first-order valence-corrected chi connectivity index (χ1v) is 5.51. The van der Waals surface area contributed by atoms with Crippen LogP contribution in [0.1, 0.15) is 29.8 Å². The van der Waals surface area contributed by atoms with E-state index < -0.39 is 6.10 Å². The normalized spacial score (nSPS) is 11.9. The molecule has 1 aromatic carbocycles. The molecule has 0 aliphatic carbocycles. The Bertz CT molecular complexity index is 418. The van der Waals surface area contributed by atoms with Gasteiger partial charge in [0, 0.05) is 12.1 Å². The lowest BCUT2D eigenvalue weighted by atomic mass is 10.1. The number of hydrogen-bond acceptors (Lipinski definition) is 3. The minimum absolute atomic E-state index is 0.108. The van der Waals surface area contributed by atoms with Gasteiger partial charge < -0.3 is 10.4 Å². The largest absolute Gasteiger partial charge is 0.391 e. The molecule has 0 aromatic heterocycles. The van der Waals surface area contributed by atoms with Gasteiger partial charge in [-0.25, -0.2) is 0 Å². The van der Waals surface area contributed by atoms with E-state index in [1.165, 1.54) is 0 Å². The van der Waals surface area contributed by atoms with Crippen molar-refractivity contribution in [1.29, 1.82) is 5.26 Å². The zero-order chi connectivity index (χ0) is 12.8. The Kier molecular flexibility index (Phi) is 4.68. The minimum Gasteiger partial charge on any atom is -0.391 e. The Morgan fingerprint density at radius 2 is 2.00 bits per heavy atom. The van der Waals surface area contributed by atoms with Gasteiger partial charge in [-0.2, -0.15) is 5.26 Å². The fourth-order valence-electron chi connectivity index (χ4n) is 1.23. The monoisotopic (exact) mass is 232 g/mol. The van der Waals surface area contributed by atoms with Crippen molar-refractivity contribution in [3.63, 3.8) is 0 Å². The molecular weight excluding hydrogens is 216 g/mol. The lowest BCUT2D eigenvalue weighted by Gasteiger charge is -2.14. The molecule has 1 amide bonds. The van der Waals surface area contributed by atoms with Crippen LogP contribution in [0, 0.1) is 17.2 Å². The SMILES string of the molecule is CC(C)C(O)CNC(=O)c1ccc(C#N)cc1. The van der Waals surface area contributed by atoms with Crippen molar-refractivity contribution in [3.05, 3.63) is 35.4 Å². The highest BCUT2D eigenvalue weighted by molar-refractivity contribution is 5.94. The molecule has 0 aliphatic heterocycles. The summed E-state index contributed by atoms with van der Waals surface area (Å²) in [4.78, 5) is 11.7. The first-order chi connectivity index (χ1) is 8.04. The van der Waals surface area contributed by atoms with Crippen LogP contribution in [0.4, 0.5) is 0 Å². The molecule has 0 aliphatic rings. The predicted octanol–water partition coefficient (Wildman–Crippen LogP) is 1.30. The Morgan fingerprint density at radius 3 is 2.47 bits per heavy atom. The molecule has 1 atom stereocenters. The summed E-state index contributed by atoms with van der Waals surface area (Å²) in [5, 5.41) is 20.8. The summed E-state index contributed by atoms with van der Waals surface area (Å²) >= 11 is 0. The Hall–Kier alpha value is -1.86. The number of nitrogens with zero attached hydrogens (tertiary/aromatic N) is 1. The molecule has 0 saturated carbocycles. The highest BCUT2D eigenvalue weighted by atomic mass is 16.3. The van der Waals surface area contributed by atoms with E-state index in [-0.39, 0.29) is 18.4 Å². The van der Waals surface area contributed by atoms with Gasteiger partial charge in [0.2, 0.25) is 0 Å². The van der Waals surface area contributed by atoms with Crippen molar-refractivity contribution < 1.29 is 9.90 Å². The second kappa shape index (κ2) is 6.02. The van der Waals surface area contributed by atoms with Crippen LogP contribution >= 0.6 is 0 Å². The maximum absolute atomic E-state index is 11.7. The van der Waals surface area contributed by atoms with E-state index >= 15 is 0 Å². The number of rotatable bonds is 4. The molecule has 90 valence electrons. The number of aliphatic hydroxyl groups is 1. The maximum atomic E-state index is 11.7. The molecule has 0 saturated heterocycles. The first kappa shape index (κ1) is 13.2. The number of nitriles is 1. The summed E-state index contributed by atoms with van der Waals surface area (Å²) in [6, 6.07) is 8.35. The van der Waals surface area contributed by atoms with Crippen LogP contribution in [0.15, 0.2) is 24.3 Å². The van der Waals surface area contributed by atoms with E-state index in [0.29, 0.717) is 11.1 Å². The average Bonchev–Trinajstić information content (AvgIpc) is 2.35. The van der Waals surface area contributed by atoms with E-state index in [1.54, 1.807) is 24.3 Å². The van der Waals surface area contributed by atoms with Gasteiger partial charge in [0.25, 0.3) is 5.91 Å².